The van der Waals surface area contributed by atoms with Crippen LogP contribution in [-0.2, 0) is 18.6 Å². The molecule has 1 N–H and O–H groups in total. The van der Waals surface area contributed by atoms with E-state index in [1.807, 2.05) is 22.9 Å². The smallest absolute Gasteiger partial charge is 0.133 e. The standard InChI is InChI=1S/C15H17BrN2O/c1-2-9-18-14(13(16)10-17-18)15(19)8-7-11-5-3-4-6-12(11)15/h3-6,10,19H,2,7-9H2,1H3. The quantitative estimate of drug-likeness (QED) is 0.942. The second kappa shape index (κ2) is 4.76. The Labute approximate surface area is 121 Å². The minimum Gasteiger partial charge on any atom is -0.379 e. The first-order valence-electron chi connectivity index (χ1n) is 6.69. The molecule has 1 aromatic heterocycles. The summed E-state index contributed by atoms with van der Waals surface area (Å²) in [5.41, 5.74) is 2.23. The first kappa shape index (κ1) is 12.9. The molecule has 1 aliphatic rings. The van der Waals surface area contributed by atoms with Gasteiger partial charge in [0.15, 0.2) is 0 Å². The summed E-state index contributed by atoms with van der Waals surface area (Å²) in [7, 11) is 0. The molecule has 1 aromatic carbocycles. The molecule has 0 spiro atoms. The summed E-state index contributed by atoms with van der Waals surface area (Å²) in [6, 6.07) is 8.15. The van der Waals surface area contributed by atoms with Crippen molar-refractivity contribution >= 4 is 15.9 Å². The minimum atomic E-state index is -0.916. The molecule has 3 rings (SSSR count). The molecule has 3 nitrogen and oxygen atoms in total. The maximum atomic E-state index is 11.2. The van der Waals surface area contributed by atoms with E-state index in [1.165, 1.54) is 5.56 Å². The lowest BCUT2D eigenvalue weighted by molar-refractivity contribution is 0.0719. The van der Waals surface area contributed by atoms with Crippen LogP contribution in [0.3, 0.4) is 0 Å². The minimum absolute atomic E-state index is 0.723. The SMILES string of the molecule is CCCn1ncc(Br)c1C1(O)CCc2ccccc21. The molecule has 4 heteroatoms. The molecule has 0 saturated heterocycles. The molecule has 0 fully saturated rings. The van der Waals surface area contributed by atoms with Crippen LogP contribution in [0, 0.1) is 0 Å². The van der Waals surface area contributed by atoms with Crippen LogP contribution in [0.4, 0.5) is 0 Å². The van der Waals surface area contributed by atoms with Crippen molar-refractivity contribution in [1.82, 2.24) is 9.78 Å². The van der Waals surface area contributed by atoms with E-state index in [0.29, 0.717) is 0 Å². The van der Waals surface area contributed by atoms with E-state index < -0.39 is 5.60 Å². The summed E-state index contributed by atoms with van der Waals surface area (Å²) in [4.78, 5) is 0. The van der Waals surface area contributed by atoms with Gasteiger partial charge in [0.2, 0.25) is 0 Å². The van der Waals surface area contributed by atoms with Gasteiger partial charge < -0.3 is 5.11 Å². The molecule has 0 aliphatic heterocycles. The Balaban J connectivity index is 2.15. The lowest BCUT2D eigenvalue weighted by Gasteiger charge is -2.26. The van der Waals surface area contributed by atoms with Gasteiger partial charge in [0, 0.05) is 6.54 Å². The third-order valence-electron chi connectivity index (χ3n) is 3.84. The lowest BCUT2D eigenvalue weighted by Crippen LogP contribution is -2.28. The Kier molecular flexibility index (Phi) is 3.23. The molecule has 1 heterocycles. The van der Waals surface area contributed by atoms with Crippen molar-refractivity contribution in [3.8, 4) is 0 Å². The molecule has 100 valence electrons. The molecule has 1 unspecified atom stereocenters. The van der Waals surface area contributed by atoms with Gasteiger partial charge in [-0.25, -0.2) is 0 Å². The van der Waals surface area contributed by atoms with Crippen LogP contribution >= 0.6 is 15.9 Å². The molecule has 0 radical (unpaired) electrons. The van der Waals surface area contributed by atoms with Crippen molar-refractivity contribution in [1.29, 1.82) is 0 Å². The van der Waals surface area contributed by atoms with E-state index in [-0.39, 0.29) is 0 Å². The van der Waals surface area contributed by atoms with Crippen molar-refractivity contribution in [2.45, 2.75) is 38.3 Å². The van der Waals surface area contributed by atoms with Gasteiger partial charge in [0.05, 0.1) is 16.4 Å². The van der Waals surface area contributed by atoms with Crippen LogP contribution in [0.1, 0.15) is 36.6 Å². The van der Waals surface area contributed by atoms with Gasteiger partial charge in [-0.05, 0) is 46.3 Å². The maximum Gasteiger partial charge on any atom is 0.133 e. The van der Waals surface area contributed by atoms with Crippen LogP contribution in [-0.4, -0.2) is 14.9 Å². The zero-order chi connectivity index (χ0) is 13.5. The van der Waals surface area contributed by atoms with Crippen molar-refractivity contribution in [3.05, 3.63) is 51.8 Å². The molecular weight excluding hydrogens is 304 g/mol. The van der Waals surface area contributed by atoms with E-state index in [0.717, 1.165) is 41.5 Å². The number of fused-ring (bicyclic) bond motifs is 1. The number of halogens is 1. The Hall–Kier alpha value is -1.13. The summed E-state index contributed by atoms with van der Waals surface area (Å²) >= 11 is 3.54. The highest BCUT2D eigenvalue weighted by Gasteiger charge is 2.42. The number of aryl methyl sites for hydroxylation is 2. The average molecular weight is 321 g/mol. The Morgan fingerprint density at radius 1 is 1.42 bits per heavy atom. The second-order valence-electron chi connectivity index (χ2n) is 5.08. The monoisotopic (exact) mass is 320 g/mol. The zero-order valence-corrected chi connectivity index (χ0v) is 12.5. The van der Waals surface area contributed by atoms with Gasteiger partial charge in [-0.2, -0.15) is 5.10 Å². The Morgan fingerprint density at radius 2 is 2.21 bits per heavy atom. The van der Waals surface area contributed by atoms with E-state index in [4.69, 9.17) is 0 Å². The van der Waals surface area contributed by atoms with Gasteiger partial charge in [0.25, 0.3) is 0 Å². The number of hydrogen-bond acceptors (Lipinski definition) is 2. The van der Waals surface area contributed by atoms with Crippen molar-refractivity contribution in [2.24, 2.45) is 0 Å². The topological polar surface area (TPSA) is 38.0 Å². The molecule has 19 heavy (non-hydrogen) atoms. The van der Waals surface area contributed by atoms with Crippen molar-refractivity contribution < 1.29 is 5.11 Å². The zero-order valence-electron chi connectivity index (χ0n) is 10.9. The summed E-state index contributed by atoms with van der Waals surface area (Å²) in [6.07, 6.45) is 4.42. The summed E-state index contributed by atoms with van der Waals surface area (Å²) < 4.78 is 2.81. The summed E-state index contributed by atoms with van der Waals surface area (Å²) in [5, 5.41) is 15.6. The van der Waals surface area contributed by atoms with Gasteiger partial charge in [-0.15, -0.1) is 0 Å². The third kappa shape index (κ3) is 1.94. The van der Waals surface area contributed by atoms with E-state index in [9.17, 15) is 5.11 Å². The first-order valence-corrected chi connectivity index (χ1v) is 7.48. The molecular formula is C15H17BrN2O. The number of rotatable bonds is 3. The van der Waals surface area contributed by atoms with E-state index in [2.05, 4.69) is 34.0 Å². The van der Waals surface area contributed by atoms with Crippen molar-refractivity contribution in [3.63, 3.8) is 0 Å². The van der Waals surface area contributed by atoms with Crippen molar-refractivity contribution in [2.75, 3.05) is 0 Å². The summed E-state index contributed by atoms with van der Waals surface area (Å²) in [5.74, 6) is 0. The van der Waals surface area contributed by atoms with Gasteiger partial charge in [-0.3, -0.25) is 4.68 Å². The molecule has 2 aromatic rings. The fourth-order valence-electron chi connectivity index (χ4n) is 2.99. The number of aromatic nitrogens is 2. The fraction of sp³-hybridized carbons (Fsp3) is 0.400. The van der Waals surface area contributed by atoms with Crippen LogP contribution in [0.15, 0.2) is 34.9 Å². The lowest BCUT2D eigenvalue weighted by atomic mass is 9.92. The van der Waals surface area contributed by atoms with Gasteiger partial charge in [0.1, 0.15) is 5.60 Å². The normalized spacial score (nSPS) is 21.6. The number of benzene rings is 1. The van der Waals surface area contributed by atoms with Crippen LogP contribution in [0.2, 0.25) is 0 Å². The number of aliphatic hydroxyl groups is 1. The molecule has 1 atom stereocenters. The highest BCUT2D eigenvalue weighted by atomic mass is 79.9. The number of hydrogen-bond donors (Lipinski definition) is 1. The highest BCUT2D eigenvalue weighted by molar-refractivity contribution is 9.10. The highest BCUT2D eigenvalue weighted by Crippen LogP contribution is 2.44. The predicted molar refractivity (Wildman–Crippen MR) is 78.0 cm³/mol. The molecule has 0 saturated carbocycles. The van der Waals surface area contributed by atoms with Crippen LogP contribution in [0.25, 0.3) is 0 Å². The van der Waals surface area contributed by atoms with Gasteiger partial charge >= 0.3 is 0 Å². The molecule has 0 amide bonds. The fourth-order valence-corrected chi connectivity index (χ4v) is 3.62. The van der Waals surface area contributed by atoms with Crippen LogP contribution < -0.4 is 0 Å². The second-order valence-corrected chi connectivity index (χ2v) is 5.94. The first-order chi connectivity index (χ1) is 9.16. The predicted octanol–water partition coefficient (Wildman–Crippen LogP) is 3.24. The third-order valence-corrected chi connectivity index (χ3v) is 4.42. The Bertz CT molecular complexity index is 608. The molecule has 0 bridgehead atoms. The van der Waals surface area contributed by atoms with E-state index >= 15 is 0 Å². The largest absolute Gasteiger partial charge is 0.379 e. The van der Waals surface area contributed by atoms with E-state index in [1.54, 1.807) is 6.20 Å². The number of nitrogens with zero attached hydrogens (tertiary/aromatic N) is 2. The average Bonchev–Trinajstić information content (AvgIpc) is 2.94. The summed E-state index contributed by atoms with van der Waals surface area (Å²) in [6.45, 7) is 2.94. The van der Waals surface area contributed by atoms with Crippen LogP contribution in [0.5, 0.6) is 0 Å². The van der Waals surface area contributed by atoms with Gasteiger partial charge in [-0.1, -0.05) is 31.2 Å². The molecule has 1 aliphatic carbocycles. The Morgan fingerprint density at radius 3 is 3.00 bits per heavy atom. The maximum absolute atomic E-state index is 11.2.